The van der Waals surface area contributed by atoms with Crippen molar-refractivity contribution in [3.63, 3.8) is 0 Å². The topological polar surface area (TPSA) is 66.8 Å². The number of likely N-dealkylation sites (tertiary alicyclic amines) is 1. The zero-order valence-corrected chi connectivity index (χ0v) is 19.6. The van der Waals surface area contributed by atoms with Crippen LogP contribution in [0.4, 0.5) is 0 Å². The van der Waals surface area contributed by atoms with E-state index in [4.69, 9.17) is 4.74 Å². The number of rotatable bonds is 8. The Bertz CT molecular complexity index is 910. The number of ether oxygens (including phenoxy) is 1. The van der Waals surface area contributed by atoms with Crippen LogP contribution >= 0.6 is 0 Å². The van der Waals surface area contributed by atoms with E-state index in [0.717, 1.165) is 44.3 Å². The van der Waals surface area contributed by atoms with E-state index < -0.39 is 5.41 Å². The second-order valence-corrected chi connectivity index (χ2v) is 9.33. The molecule has 1 aliphatic heterocycles. The summed E-state index contributed by atoms with van der Waals surface area (Å²) in [6.07, 6.45) is 3.92. The number of methoxy groups -OCH3 is 1. The minimum atomic E-state index is -0.750. The lowest BCUT2D eigenvalue weighted by Gasteiger charge is -2.36. The molecular formula is C27H35NO4. The van der Waals surface area contributed by atoms with E-state index in [0.29, 0.717) is 17.2 Å². The second kappa shape index (κ2) is 10.3. The summed E-state index contributed by atoms with van der Waals surface area (Å²) in [6.45, 7) is 7.56. The fraction of sp³-hybridized carbons (Fsp3) is 0.481. The molecule has 0 saturated carbocycles. The van der Waals surface area contributed by atoms with Crippen molar-refractivity contribution in [1.29, 1.82) is 0 Å². The quantitative estimate of drug-likeness (QED) is 0.476. The number of Topliss-reactive ketones (excluding diaryl/α,β-unsaturated/α-hetero) is 1. The minimum Gasteiger partial charge on any atom is -0.508 e. The zero-order valence-electron chi connectivity index (χ0n) is 19.6. The number of carbonyl (C=O) groups is 2. The van der Waals surface area contributed by atoms with Crippen molar-refractivity contribution in [2.24, 2.45) is 5.92 Å². The Kier molecular flexibility index (Phi) is 7.73. The molecule has 32 heavy (non-hydrogen) atoms. The van der Waals surface area contributed by atoms with Gasteiger partial charge in [0.2, 0.25) is 0 Å². The van der Waals surface area contributed by atoms with Crippen LogP contribution in [0.2, 0.25) is 0 Å². The van der Waals surface area contributed by atoms with Crippen LogP contribution in [-0.4, -0.2) is 48.0 Å². The molecule has 172 valence electrons. The van der Waals surface area contributed by atoms with Crippen LogP contribution in [0.25, 0.3) is 0 Å². The zero-order chi connectivity index (χ0) is 23.3. The van der Waals surface area contributed by atoms with Crippen LogP contribution in [0.5, 0.6) is 5.75 Å². The third-order valence-corrected chi connectivity index (χ3v) is 6.83. The Balaban J connectivity index is 1.61. The molecule has 5 nitrogen and oxygen atoms in total. The molecule has 0 amide bonds. The summed E-state index contributed by atoms with van der Waals surface area (Å²) in [5, 5.41) is 9.46. The first kappa shape index (κ1) is 24.0. The van der Waals surface area contributed by atoms with Gasteiger partial charge in [-0.3, -0.25) is 14.5 Å². The van der Waals surface area contributed by atoms with E-state index in [1.54, 1.807) is 12.1 Å². The predicted octanol–water partition coefficient (Wildman–Crippen LogP) is 4.76. The van der Waals surface area contributed by atoms with Crippen molar-refractivity contribution in [2.45, 2.75) is 57.9 Å². The number of piperidine rings is 1. The van der Waals surface area contributed by atoms with Crippen LogP contribution in [0.1, 0.15) is 61.5 Å². The third kappa shape index (κ3) is 5.39. The molecule has 1 saturated heterocycles. The van der Waals surface area contributed by atoms with Gasteiger partial charge in [0.05, 0.1) is 18.6 Å². The Labute approximate surface area is 191 Å². The van der Waals surface area contributed by atoms with E-state index in [2.05, 4.69) is 11.8 Å². The second-order valence-electron chi connectivity index (χ2n) is 9.33. The molecule has 0 bridgehead atoms. The molecule has 1 N–H and O–H groups in total. The predicted molar refractivity (Wildman–Crippen MR) is 126 cm³/mol. The summed E-state index contributed by atoms with van der Waals surface area (Å²) in [5.74, 6) is 0.753. The van der Waals surface area contributed by atoms with Crippen molar-refractivity contribution in [3.05, 3.63) is 65.2 Å². The first-order valence-corrected chi connectivity index (χ1v) is 11.5. The van der Waals surface area contributed by atoms with E-state index in [-0.39, 0.29) is 17.8 Å². The van der Waals surface area contributed by atoms with Crippen molar-refractivity contribution >= 4 is 11.8 Å². The van der Waals surface area contributed by atoms with Crippen LogP contribution in [-0.2, 0) is 21.4 Å². The third-order valence-electron chi connectivity index (χ3n) is 6.83. The molecular weight excluding hydrogens is 402 g/mol. The fourth-order valence-corrected chi connectivity index (χ4v) is 4.66. The molecule has 3 rings (SSSR count). The number of benzene rings is 2. The van der Waals surface area contributed by atoms with Gasteiger partial charge in [0, 0.05) is 5.56 Å². The van der Waals surface area contributed by atoms with E-state index in [1.807, 2.05) is 50.2 Å². The van der Waals surface area contributed by atoms with Crippen molar-refractivity contribution in [2.75, 3.05) is 20.2 Å². The molecule has 1 unspecified atom stereocenters. The van der Waals surface area contributed by atoms with Crippen LogP contribution in [0.15, 0.2) is 48.5 Å². The number of ketones is 1. The number of carbonyl (C=O) groups excluding carboxylic acids is 2. The average molecular weight is 438 g/mol. The van der Waals surface area contributed by atoms with Gasteiger partial charge in [0.15, 0.2) is 5.78 Å². The normalized spacial score (nSPS) is 16.5. The lowest BCUT2D eigenvalue weighted by atomic mass is 9.83. The Morgan fingerprint density at radius 3 is 2.19 bits per heavy atom. The minimum absolute atomic E-state index is 0.121. The van der Waals surface area contributed by atoms with Crippen LogP contribution in [0, 0.1) is 5.92 Å². The molecule has 1 fully saturated rings. The molecule has 1 aliphatic rings. The highest BCUT2D eigenvalue weighted by Gasteiger charge is 2.32. The maximum atomic E-state index is 13.3. The summed E-state index contributed by atoms with van der Waals surface area (Å²) in [6, 6.07) is 14.7. The number of phenols is 1. The fourth-order valence-electron chi connectivity index (χ4n) is 4.66. The molecule has 2 aromatic rings. The molecule has 1 heterocycles. The van der Waals surface area contributed by atoms with Crippen LogP contribution in [0.3, 0.4) is 0 Å². The Morgan fingerprint density at radius 2 is 1.66 bits per heavy atom. The molecule has 5 heteroatoms. The number of hydrogen-bond donors (Lipinski definition) is 1. The number of hydrogen-bond acceptors (Lipinski definition) is 5. The van der Waals surface area contributed by atoms with Gasteiger partial charge in [0.1, 0.15) is 5.75 Å². The van der Waals surface area contributed by atoms with Crippen molar-refractivity contribution in [3.8, 4) is 5.75 Å². The summed E-state index contributed by atoms with van der Waals surface area (Å²) in [5.41, 5.74) is 2.02. The smallest absolute Gasteiger partial charge is 0.315 e. The highest BCUT2D eigenvalue weighted by atomic mass is 16.5. The molecule has 0 spiro atoms. The van der Waals surface area contributed by atoms with E-state index >= 15 is 0 Å². The highest BCUT2D eigenvalue weighted by molar-refractivity contribution is 6.00. The van der Waals surface area contributed by atoms with Gasteiger partial charge < -0.3 is 9.84 Å². The SMILES string of the molecule is CCC(C(=O)c1ccc(C(C)(C)C(=O)OC)cc1)N1CCC(Cc2ccc(O)cc2)CC1. The standard InChI is InChI=1S/C27H35NO4/c1-5-24(25(30)21-8-10-22(11-9-21)27(2,3)26(31)32-4)28-16-14-20(15-17-28)18-19-6-12-23(29)13-7-19/h6-13,20,24,29H,5,14-18H2,1-4H3. The molecule has 1 atom stereocenters. The summed E-state index contributed by atoms with van der Waals surface area (Å²) in [7, 11) is 1.39. The van der Waals surface area contributed by atoms with Gasteiger partial charge in [-0.2, -0.15) is 0 Å². The summed E-state index contributed by atoms with van der Waals surface area (Å²) in [4.78, 5) is 27.7. The first-order chi connectivity index (χ1) is 15.3. The maximum Gasteiger partial charge on any atom is 0.315 e. The largest absolute Gasteiger partial charge is 0.508 e. The van der Waals surface area contributed by atoms with Gasteiger partial charge in [0.25, 0.3) is 0 Å². The van der Waals surface area contributed by atoms with Gasteiger partial charge in [-0.1, -0.05) is 43.3 Å². The Morgan fingerprint density at radius 1 is 1.06 bits per heavy atom. The van der Waals surface area contributed by atoms with Crippen molar-refractivity contribution in [1.82, 2.24) is 4.90 Å². The number of aromatic hydroxyl groups is 1. The molecule has 0 radical (unpaired) electrons. The van der Waals surface area contributed by atoms with Gasteiger partial charge in [-0.05, 0) is 81.8 Å². The lowest BCUT2D eigenvalue weighted by Crippen LogP contribution is -2.45. The van der Waals surface area contributed by atoms with E-state index in [1.165, 1.54) is 12.7 Å². The van der Waals surface area contributed by atoms with E-state index in [9.17, 15) is 14.7 Å². The average Bonchev–Trinajstić information content (AvgIpc) is 2.81. The van der Waals surface area contributed by atoms with Gasteiger partial charge in [-0.25, -0.2) is 0 Å². The monoisotopic (exact) mass is 437 g/mol. The van der Waals surface area contributed by atoms with Crippen molar-refractivity contribution < 1.29 is 19.4 Å². The Hall–Kier alpha value is -2.66. The molecule has 2 aromatic carbocycles. The lowest BCUT2D eigenvalue weighted by molar-refractivity contribution is -0.146. The summed E-state index contributed by atoms with van der Waals surface area (Å²) < 4.78 is 4.91. The van der Waals surface area contributed by atoms with Gasteiger partial charge >= 0.3 is 5.97 Å². The molecule has 0 aliphatic carbocycles. The summed E-state index contributed by atoms with van der Waals surface area (Å²) >= 11 is 0. The molecule has 0 aromatic heterocycles. The maximum absolute atomic E-state index is 13.3. The number of esters is 1. The van der Waals surface area contributed by atoms with Gasteiger partial charge in [-0.15, -0.1) is 0 Å². The van der Waals surface area contributed by atoms with Crippen LogP contribution < -0.4 is 0 Å². The first-order valence-electron chi connectivity index (χ1n) is 11.5. The number of nitrogens with zero attached hydrogens (tertiary/aromatic N) is 1. The highest BCUT2D eigenvalue weighted by Crippen LogP contribution is 2.28. The number of phenolic OH excluding ortho intramolecular Hbond substituents is 1.